The molecule has 2 heterocycles. The van der Waals surface area contributed by atoms with Gasteiger partial charge in [-0.15, -0.1) is 0 Å². The minimum Gasteiger partial charge on any atom is -0.493 e. The number of carbonyl (C=O) groups excluding carboxylic acids is 2. The van der Waals surface area contributed by atoms with Gasteiger partial charge in [0.05, 0.1) is 64.6 Å². The van der Waals surface area contributed by atoms with Gasteiger partial charge in [-0.2, -0.15) is 5.10 Å². The summed E-state index contributed by atoms with van der Waals surface area (Å²) in [5.41, 5.74) is 6.05. The number of fused-ring (bicyclic) bond motifs is 2. The zero-order valence-electron chi connectivity index (χ0n) is 30.0. The van der Waals surface area contributed by atoms with E-state index in [1.807, 2.05) is 75.5 Å². The minimum absolute atomic E-state index is 0.176. The third-order valence-corrected chi connectivity index (χ3v) is 8.54. The fourth-order valence-electron chi connectivity index (χ4n) is 6.12. The molecule has 2 aromatic heterocycles. The van der Waals surface area contributed by atoms with E-state index in [-0.39, 0.29) is 11.6 Å². The Morgan fingerprint density at radius 3 is 2.18 bits per heavy atom. The Morgan fingerprint density at radius 2 is 1.45 bits per heavy atom. The number of aryl methyl sites for hydroxylation is 3. The van der Waals surface area contributed by atoms with Gasteiger partial charge in [0.25, 0.3) is 5.91 Å². The summed E-state index contributed by atoms with van der Waals surface area (Å²) < 4.78 is 29.6. The van der Waals surface area contributed by atoms with Gasteiger partial charge < -0.3 is 34.3 Å². The van der Waals surface area contributed by atoms with E-state index in [9.17, 15) is 9.59 Å². The molecule has 0 bridgehead atoms. The molecule has 2 N–H and O–H groups in total. The molecule has 5 aromatic rings. The molecular weight excluding hydrogens is 648 g/mol. The summed E-state index contributed by atoms with van der Waals surface area (Å²) in [6, 6.07) is 23.8. The lowest BCUT2D eigenvalue weighted by atomic mass is 9.96. The highest BCUT2D eigenvalue weighted by molar-refractivity contribution is 5.96. The van der Waals surface area contributed by atoms with Gasteiger partial charge in [-0.25, -0.2) is 9.31 Å². The fraction of sp³-hybridized carbons (Fsp3) is 0.375. The van der Waals surface area contributed by atoms with Crippen LogP contribution in [0.2, 0.25) is 0 Å². The molecule has 0 unspecified atom stereocenters. The maximum atomic E-state index is 13.0. The molecule has 0 aliphatic heterocycles. The first kappa shape index (κ1) is 37.4. The molecule has 0 aliphatic rings. The molecular formula is C40H48N4O7. The van der Waals surface area contributed by atoms with E-state index < -0.39 is 5.97 Å². The van der Waals surface area contributed by atoms with Crippen LogP contribution in [-0.2, 0) is 25.4 Å². The molecule has 1 amide bonds. The molecule has 270 valence electrons. The number of pyridine rings is 1. The second-order valence-electron chi connectivity index (χ2n) is 12.1. The first-order valence-electron chi connectivity index (χ1n) is 17.4. The summed E-state index contributed by atoms with van der Waals surface area (Å²) in [5, 5.41) is 12.9. The molecule has 11 heteroatoms. The van der Waals surface area contributed by atoms with Crippen molar-refractivity contribution < 1.29 is 33.3 Å². The number of ether oxygens (including phenoxy) is 5. The van der Waals surface area contributed by atoms with E-state index in [0.717, 1.165) is 56.5 Å². The van der Waals surface area contributed by atoms with Crippen molar-refractivity contribution in [3.63, 3.8) is 0 Å². The number of nitrogens with one attached hydrogen (secondary N) is 2. The Balaban J connectivity index is 1.21. The number of amides is 1. The maximum Gasteiger partial charge on any atom is 0.358 e. The van der Waals surface area contributed by atoms with Crippen LogP contribution in [0.4, 0.5) is 0 Å². The molecule has 0 saturated carbocycles. The van der Waals surface area contributed by atoms with Crippen LogP contribution in [0.3, 0.4) is 0 Å². The summed E-state index contributed by atoms with van der Waals surface area (Å²) in [6.07, 6.45) is 1.24. The maximum absolute atomic E-state index is 13.0. The van der Waals surface area contributed by atoms with E-state index in [4.69, 9.17) is 28.8 Å². The van der Waals surface area contributed by atoms with Crippen LogP contribution in [0, 0.1) is 13.8 Å². The summed E-state index contributed by atoms with van der Waals surface area (Å²) in [4.78, 5) is 26.0. The minimum atomic E-state index is -0.489. The van der Waals surface area contributed by atoms with Crippen molar-refractivity contribution in [3.05, 3.63) is 101 Å². The van der Waals surface area contributed by atoms with E-state index in [1.54, 1.807) is 4.52 Å². The Morgan fingerprint density at radius 1 is 0.784 bits per heavy atom. The number of methoxy groups -OCH3 is 1. The predicted molar refractivity (Wildman–Crippen MR) is 198 cm³/mol. The molecule has 0 fully saturated rings. The average Bonchev–Trinajstić information content (AvgIpc) is 3.52. The van der Waals surface area contributed by atoms with Gasteiger partial charge >= 0.3 is 5.97 Å². The number of likely N-dealkylation sites (N-methyl/N-ethyl adjacent to an activating group) is 1. The first-order valence-corrected chi connectivity index (χ1v) is 17.4. The monoisotopic (exact) mass is 696 g/mol. The second-order valence-corrected chi connectivity index (χ2v) is 12.1. The molecule has 5 rings (SSSR count). The van der Waals surface area contributed by atoms with Crippen LogP contribution in [0.1, 0.15) is 44.0 Å². The van der Waals surface area contributed by atoms with Crippen molar-refractivity contribution in [1.82, 2.24) is 20.2 Å². The largest absolute Gasteiger partial charge is 0.493 e. The molecule has 3 aromatic carbocycles. The molecule has 51 heavy (non-hydrogen) atoms. The summed E-state index contributed by atoms with van der Waals surface area (Å²) in [7, 11) is 3.25. The molecule has 0 radical (unpaired) electrons. The smallest absolute Gasteiger partial charge is 0.358 e. The zero-order valence-corrected chi connectivity index (χ0v) is 30.0. The van der Waals surface area contributed by atoms with E-state index in [2.05, 4.69) is 28.8 Å². The number of esters is 1. The SMILES string of the molecule is CNCCOCCOCCOCCNC(=O)c1cc(C)c(-c2cccc3c(CCCOc4cccc5ccccc45)c(C(=O)OC)nn23)c(C)c1. The van der Waals surface area contributed by atoms with Crippen LogP contribution in [-0.4, -0.2) is 95.0 Å². The third-order valence-electron chi connectivity index (χ3n) is 8.54. The van der Waals surface area contributed by atoms with Gasteiger partial charge in [0.2, 0.25) is 0 Å². The highest BCUT2D eigenvalue weighted by atomic mass is 16.5. The van der Waals surface area contributed by atoms with Gasteiger partial charge in [-0.05, 0) is 80.6 Å². The lowest BCUT2D eigenvalue weighted by Crippen LogP contribution is -2.28. The van der Waals surface area contributed by atoms with Gasteiger partial charge in [-0.3, -0.25) is 4.79 Å². The summed E-state index contributed by atoms with van der Waals surface area (Å²) >= 11 is 0. The van der Waals surface area contributed by atoms with Gasteiger partial charge in [0.15, 0.2) is 5.69 Å². The number of carbonyl (C=O) groups is 2. The number of nitrogens with zero attached hydrogens (tertiary/aromatic N) is 2. The average molecular weight is 697 g/mol. The van der Waals surface area contributed by atoms with Crippen molar-refractivity contribution >= 4 is 28.2 Å². The summed E-state index contributed by atoms with van der Waals surface area (Å²) in [6.45, 7) is 8.62. The number of hydrogen-bond acceptors (Lipinski definition) is 9. The Hall–Kier alpha value is -4.81. The van der Waals surface area contributed by atoms with Crippen molar-refractivity contribution in [2.45, 2.75) is 26.7 Å². The highest BCUT2D eigenvalue weighted by Gasteiger charge is 2.23. The van der Waals surface area contributed by atoms with Gasteiger partial charge in [-0.1, -0.05) is 42.5 Å². The predicted octanol–water partition coefficient (Wildman–Crippen LogP) is 5.57. The fourth-order valence-corrected chi connectivity index (χ4v) is 6.12. The Labute approximate surface area is 299 Å². The second kappa shape index (κ2) is 19.0. The Kier molecular flexibility index (Phi) is 13.9. The quantitative estimate of drug-likeness (QED) is 0.0795. The van der Waals surface area contributed by atoms with Crippen LogP contribution in [0.25, 0.3) is 27.5 Å². The number of aromatic nitrogens is 2. The van der Waals surface area contributed by atoms with Crippen molar-refractivity contribution in [3.8, 4) is 17.0 Å². The molecule has 0 atom stereocenters. The molecule has 0 aliphatic carbocycles. The zero-order chi connectivity index (χ0) is 36.0. The highest BCUT2D eigenvalue weighted by Crippen LogP contribution is 2.31. The van der Waals surface area contributed by atoms with Crippen molar-refractivity contribution in [2.24, 2.45) is 0 Å². The molecule has 0 saturated heterocycles. The van der Waals surface area contributed by atoms with E-state index in [1.165, 1.54) is 7.11 Å². The third kappa shape index (κ3) is 9.71. The van der Waals surface area contributed by atoms with E-state index in [0.29, 0.717) is 71.2 Å². The van der Waals surface area contributed by atoms with Gasteiger partial charge in [0, 0.05) is 35.2 Å². The standard InChI is InChI=1S/C40H48N4O7/c1-28-26-31(39(45)42-18-21-49-23-25-50-24-22-48-20-17-41-3)27-29(2)37(28)35-15-8-14-34-33(38(40(46)47-4)43-44(34)35)13-9-19-51-36-16-7-11-30-10-5-6-12-32(30)36/h5-8,10-12,14-16,26-27,41H,9,13,17-25H2,1-4H3,(H,42,45). The molecule has 0 spiro atoms. The lowest BCUT2D eigenvalue weighted by Gasteiger charge is -2.15. The lowest BCUT2D eigenvalue weighted by molar-refractivity contribution is 0.0159. The van der Waals surface area contributed by atoms with Crippen molar-refractivity contribution in [2.75, 3.05) is 73.5 Å². The van der Waals surface area contributed by atoms with Crippen LogP contribution in [0.5, 0.6) is 5.75 Å². The Bertz CT molecular complexity index is 1890. The van der Waals surface area contributed by atoms with Crippen LogP contribution >= 0.6 is 0 Å². The van der Waals surface area contributed by atoms with Crippen LogP contribution < -0.4 is 15.4 Å². The number of rotatable bonds is 20. The normalized spacial score (nSPS) is 11.3. The van der Waals surface area contributed by atoms with Crippen molar-refractivity contribution in [1.29, 1.82) is 0 Å². The summed E-state index contributed by atoms with van der Waals surface area (Å²) in [5.74, 6) is 0.167. The first-order chi connectivity index (χ1) is 24.9. The number of benzene rings is 3. The topological polar surface area (TPSA) is 122 Å². The van der Waals surface area contributed by atoms with Crippen LogP contribution in [0.15, 0.2) is 72.8 Å². The molecule has 11 nitrogen and oxygen atoms in total. The number of hydrogen-bond donors (Lipinski definition) is 2. The van der Waals surface area contributed by atoms with E-state index >= 15 is 0 Å². The van der Waals surface area contributed by atoms with Gasteiger partial charge in [0.1, 0.15) is 5.75 Å².